The van der Waals surface area contributed by atoms with Gasteiger partial charge in [0, 0.05) is 11.9 Å². The van der Waals surface area contributed by atoms with Gasteiger partial charge in [-0.3, -0.25) is 9.69 Å². The molecule has 17 heavy (non-hydrogen) atoms. The van der Waals surface area contributed by atoms with Crippen molar-refractivity contribution in [1.29, 1.82) is 0 Å². The molecule has 1 unspecified atom stereocenters. The highest BCUT2D eigenvalue weighted by molar-refractivity contribution is 7.09. The Balaban J connectivity index is 2.14. The predicted molar refractivity (Wildman–Crippen MR) is 67.2 cm³/mol. The van der Waals surface area contributed by atoms with Crippen LogP contribution in [0.25, 0.3) is 0 Å². The molecular formula is C12H18N2O2S. The van der Waals surface area contributed by atoms with Crippen molar-refractivity contribution < 1.29 is 9.90 Å². The quantitative estimate of drug-likeness (QED) is 0.899. The summed E-state index contributed by atoms with van der Waals surface area (Å²) in [6.45, 7) is 5.29. The van der Waals surface area contributed by atoms with Crippen molar-refractivity contribution in [3.05, 3.63) is 16.1 Å². The fourth-order valence-electron chi connectivity index (χ4n) is 2.35. The molecule has 0 aliphatic carbocycles. The molecule has 0 amide bonds. The van der Waals surface area contributed by atoms with Crippen molar-refractivity contribution >= 4 is 17.3 Å². The second-order valence-corrected chi connectivity index (χ2v) is 5.88. The van der Waals surface area contributed by atoms with E-state index in [1.165, 1.54) is 0 Å². The Morgan fingerprint density at radius 1 is 1.65 bits per heavy atom. The third-order valence-corrected chi connectivity index (χ3v) is 4.34. The minimum Gasteiger partial charge on any atom is -0.480 e. The van der Waals surface area contributed by atoms with Gasteiger partial charge < -0.3 is 5.11 Å². The maximum atomic E-state index is 11.4. The molecule has 1 aliphatic rings. The van der Waals surface area contributed by atoms with Gasteiger partial charge in [0.2, 0.25) is 0 Å². The van der Waals surface area contributed by atoms with Crippen LogP contribution in [0.15, 0.2) is 5.38 Å². The number of carbonyl (C=O) groups is 1. The number of nitrogens with zero attached hydrogens (tertiary/aromatic N) is 2. The number of carboxylic acid groups (broad SMARTS) is 1. The van der Waals surface area contributed by atoms with Gasteiger partial charge in [0.15, 0.2) is 0 Å². The van der Waals surface area contributed by atoms with E-state index < -0.39 is 11.5 Å². The fraction of sp³-hybridized carbons (Fsp3) is 0.667. The van der Waals surface area contributed by atoms with Crippen LogP contribution in [0.2, 0.25) is 0 Å². The van der Waals surface area contributed by atoms with Crippen LogP contribution in [0.3, 0.4) is 0 Å². The molecule has 1 saturated heterocycles. The molecule has 0 bridgehead atoms. The Morgan fingerprint density at radius 3 is 3.00 bits per heavy atom. The summed E-state index contributed by atoms with van der Waals surface area (Å²) >= 11 is 1.62. The third kappa shape index (κ3) is 2.50. The van der Waals surface area contributed by atoms with Crippen molar-refractivity contribution in [3.63, 3.8) is 0 Å². The number of likely N-dealkylation sites (tertiary alicyclic amines) is 1. The van der Waals surface area contributed by atoms with Gasteiger partial charge in [-0.15, -0.1) is 11.3 Å². The number of piperidine rings is 1. The van der Waals surface area contributed by atoms with E-state index in [4.69, 9.17) is 0 Å². The lowest BCUT2D eigenvalue weighted by Crippen LogP contribution is -2.54. The number of thiazole rings is 1. The van der Waals surface area contributed by atoms with Gasteiger partial charge in [0.05, 0.1) is 10.7 Å². The van der Waals surface area contributed by atoms with E-state index in [1.807, 2.05) is 24.1 Å². The molecule has 0 spiro atoms. The van der Waals surface area contributed by atoms with Gasteiger partial charge in [0.25, 0.3) is 0 Å². The number of rotatable bonds is 3. The van der Waals surface area contributed by atoms with Gasteiger partial charge in [-0.2, -0.15) is 0 Å². The highest BCUT2D eigenvalue weighted by Crippen LogP contribution is 2.29. The number of aryl methyl sites for hydroxylation is 1. The molecule has 1 N–H and O–H groups in total. The van der Waals surface area contributed by atoms with Crippen LogP contribution in [0.5, 0.6) is 0 Å². The summed E-state index contributed by atoms with van der Waals surface area (Å²) < 4.78 is 0. The van der Waals surface area contributed by atoms with Crippen LogP contribution in [0.1, 0.15) is 36.9 Å². The Bertz CT molecular complexity index is 418. The average molecular weight is 254 g/mol. The van der Waals surface area contributed by atoms with E-state index in [2.05, 4.69) is 4.98 Å². The fourth-order valence-corrected chi connectivity index (χ4v) is 2.95. The van der Waals surface area contributed by atoms with E-state index in [-0.39, 0.29) is 0 Å². The maximum absolute atomic E-state index is 11.4. The molecule has 1 aromatic rings. The molecule has 0 saturated carbocycles. The van der Waals surface area contributed by atoms with E-state index in [0.717, 1.165) is 36.5 Å². The summed E-state index contributed by atoms with van der Waals surface area (Å²) in [5, 5.41) is 12.4. The molecule has 2 rings (SSSR count). The summed E-state index contributed by atoms with van der Waals surface area (Å²) in [6.07, 6.45) is 2.80. The zero-order valence-electron chi connectivity index (χ0n) is 10.3. The molecular weight excluding hydrogens is 236 g/mol. The molecule has 1 aliphatic heterocycles. The molecule has 2 heterocycles. The first-order chi connectivity index (χ1) is 8.02. The summed E-state index contributed by atoms with van der Waals surface area (Å²) in [5.74, 6) is -0.718. The van der Waals surface area contributed by atoms with Gasteiger partial charge in [0.1, 0.15) is 5.54 Å². The normalized spacial score (nSPS) is 26.0. The number of hydrogen-bond acceptors (Lipinski definition) is 4. The molecule has 1 atom stereocenters. The molecule has 5 heteroatoms. The Kier molecular flexibility index (Phi) is 3.49. The van der Waals surface area contributed by atoms with Crippen molar-refractivity contribution in [1.82, 2.24) is 9.88 Å². The standard InChI is InChI=1S/C12H18N2O2S/c1-9-13-10(8-17-9)7-14-6-4-3-5-12(14,2)11(15)16/h8H,3-7H2,1-2H3,(H,15,16). The van der Waals surface area contributed by atoms with Gasteiger partial charge in [-0.25, -0.2) is 4.98 Å². The van der Waals surface area contributed by atoms with Crippen LogP contribution in [0, 0.1) is 6.92 Å². The van der Waals surface area contributed by atoms with Crippen LogP contribution in [0.4, 0.5) is 0 Å². The van der Waals surface area contributed by atoms with Crippen LogP contribution < -0.4 is 0 Å². The smallest absolute Gasteiger partial charge is 0.323 e. The highest BCUT2D eigenvalue weighted by Gasteiger charge is 2.41. The molecule has 94 valence electrons. The summed E-state index contributed by atoms with van der Waals surface area (Å²) in [7, 11) is 0. The van der Waals surface area contributed by atoms with E-state index in [1.54, 1.807) is 11.3 Å². The van der Waals surface area contributed by atoms with E-state index in [9.17, 15) is 9.90 Å². The first-order valence-electron chi connectivity index (χ1n) is 5.92. The Morgan fingerprint density at radius 2 is 2.41 bits per heavy atom. The first-order valence-corrected chi connectivity index (χ1v) is 6.80. The van der Waals surface area contributed by atoms with E-state index in [0.29, 0.717) is 6.54 Å². The number of aliphatic carboxylic acids is 1. The summed E-state index contributed by atoms with van der Waals surface area (Å²) in [4.78, 5) is 17.9. The lowest BCUT2D eigenvalue weighted by atomic mass is 9.88. The van der Waals surface area contributed by atoms with Gasteiger partial charge in [-0.1, -0.05) is 0 Å². The maximum Gasteiger partial charge on any atom is 0.323 e. The SMILES string of the molecule is Cc1nc(CN2CCCCC2(C)C(=O)O)cs1. The molecule has 4 nitrogen and oxygen atoms in total. The Hall–Kier alpha value is -0.940. The number of aromatic nitrogens is 1. The highest BCUT2D eigenvalue weighted by atomic mass is 32.1. The second-order valence-electron chi connectivity index (χ2n) is 4.82. The van der Waals surface area contributed by atoms with Gasteiger partial charge >= 0.3 is 5.97 Å². The molecule has 1 aromatic heterocycles. The molecule has 0 radical (unpaired) electrons. The van der Waals surface area contributed by atoms with Crippen LogP contribution in [-0.2, 0) is 11.3 Å². The average Bonchev–Trinajstić information content (AvgIpc) is 2.67. The van der Waals surface area contributed by atoms with Crippen molar-refractivity contribution in [2.24, 2.45) is 0 Å². The topological polar surface area (TPSA) is 53.4 Å². The zero-order chi connectivity index (χ0) is 12.5. The van der Waals surface area contributed by atoms with Crippen molar-refractivity contribution in [3.8, 4) is 0 Å². The van der Waals surface area contributed by atoms with Crippen LogP contribution >= 0.6 is 11.3 Å². The Labute approximate surface area is 105 Å². The predicted octanol–water partition coefficient (Wildman–Crippen LogP) is 2.28. The van der Waals surface area contributed by atoms with Crippen molar-refractivity contribution in [2.75, 3.05) is 6.54 Å². The lowest BCUT2D eigenvalue weighted by molar-refractivity contribution is -0.153. The minimum atomic E-state index is -0.726. The number of carboxylic acids is 1. The largest absolute Gasteiger partial charge is 0.480 e. The first kappa shape index (κ1) is 12.5. The third-order valence-electron chi connectivity index (χ3n) is 3.52. The molecule has 0 aromatic carbocycles. The monoisotopic (exact) mass is 254 g/mol. The second kappa shape index (κ2) is 4.74. The lowest BCUT2D eigenvalue weighted by Gasteiger charge is -2.41. The zero-order valence-corrected chi connectivity index (χ0v) is 11.1. The van der Waals surface area contributed by atoms with Crippen LogP contribution in [-0.4, -0.2) is 33.0 Å². The summed E-state index contributed by atoms with van der Waals surface area (Å²) in [5.41, 5.74) is 0.261. The number of hydrogen-bond donors (Lipinski definition) is 1. The molecule has 1 fully saturated rings. The minimum absolute atomic E-state index is 0.646. The summed E-state index contributed by atoms with van der Waals surface area (Å²) in [6, 6.07) is 0. The van der Waals surface area contributed by atoms with Gasteiger partial charge in [-0.05, 0) is 39.7 Å². The van der Waals surface area contributed by atoms with Crippen molar-refractivity contribution in [2.45, 2.75) is 45.2 Å². The van der Waals surface area contributed by atoms with E-state index >= 15 is 0 Å².